The minimum atomic E-state index is 0.757. The summed E-state index contributed by atoms with van der Waals surface area (Å²) in [5, 5.41) is 3.64. The Morgan fingerprint density at radius 2 is 1.71 bits per heavy atom. The minimum Gasteiger partial charge on any atom is -0.381 e. The molecule has 0 aromatic rings. The van der Waals surface area contributed by atoms with E-state index in [-0.39, 0.29) is 0 Å². The van der Waals surface area contributed by atoms with Crippen LogP contribution in [0, 0.1) is 17.8 Å². The summed E-state index contributed by atoms with van der Waals surface area (Å²) in [6.07, 6.45) is 5.16. The Hall–Kier alpha value is -0.0800. The summed E-state index contributed by atoms with van der Waals surface area (Å²) in [5.41, 5.74) is 0. The molecule has 1 atom stereocenters. The molecule has 1 saturated carbocycles. The second-order valence-corrected chi connectivity index (χ2v) is 6.27. The van der Waals surface area contributed by atoms with Gasteiger partial charge in [0.1, 0.15) is 0 Å². The molecular weight excluding hydrogens is 210 g/mol. The number of ether oxygens (including phenoxy) is 1. The van der Waals surface area contributed by atoms with Gasteiger partial charge in [-0.3, -0.25) is 0 Å². The lowest BCUT2D eigenvalue weighted by Crippen LogP contribution is -2.28. The SMILES string of the molecule is CC(C)CCOCCC(CNC1CC1)C(C)C. The first kappa shape index (κ1) is 15.0. The molecule has 1 aliphatic rings. The fraction of sp³-hybridized carbons (Fsp3) is 1.00. The highest BCUT2D eigenvalue weighted by molar-refractivity contribution is 4.82. The molecule has 2 nitrogen and oxygen atoms in total. The summed E-state index contributed by atoms with van der Waals surface area (Å²) in [6.45, 7) is 12.2. The summed E-state index contributed by atoms with van der Waals surface area (Å²) in [4.78, 5) is 0. The van der Waals surface area contributed by atoms with Crippen LogP contribution < -0.4 is 5.32 Å². The summed E-state index contributed by atoms with van der Waals surface area (Å²) in [6, 6.07) is 0.832. The maximum atomic E-state index is 5.72. The largest absolute Gasteiger partial charge is 0.381 e. The molecule has 1 rings (SSSR count). The highest BCUT2D eigenvalue weighted by atomic mass is 16.5. The molecule has 2 heteroatoms. The van der Waals surface area contributed by atoms with Crippen LogP contribution in [-0.2, 0) is 4.74 Å². The first-order valence-electron chi connectivity index (χ1n) is 7.40. The molecule has 1 unspecified atom stereocenters. The Morgan fingerprint density at radius 3 is 2.24 bits per heavy atom. The fourth-order valence-electron chi connectivity index (χ4n) is 1.93. The third kappa shape index (κ3) is 7.77. The quantitative estimate of drug-likeness (QED) is 0.591. The van der Waals surface area contributed by atoms with Gasteiger partial charge in [-0.05, 0) is 50.0 Å². The molecule has 17 heavy (non-hydrogen) atoms. The van der Waals surface area contributed by atoms with Crippen LogP contribution >= 0.6 is 0 Å². The lowest BCUT2D eigenvalue weighted by atomic mass is 9.93. The number of hydrogen-bond acceptors (Lipinski definition) is 2. The second-order valence-electron chi connectivity index (χ2n) is 6.27. The van der Waals surface area contributed by atoms with Gasteiger partial charge in [-0.15, -0.1) is 0 Å². The van der Waals surface area contributed by atoms with Crippen LogP contribution in [0.25, 0.3) is 0 Å². The molecule has 1 aliphatic carbocycles. The van der Waals surface area contributed by atoms with Gasteiger partial charge < -0.3 is 10.1 Å². The molecular formula is C15H31NO. The van der Waals surface area contributed by atoms with Crippen molar-refractivity contribution in [1.82, 2.24) is 5.32 Å². The standard InChI is InChI=1S/C15H31NO/c1-12(2)7-9-17-10-8-14(13(3)4)11-16-15-5-6-15/h12-16H,5-11H2,1-4H3. The molecule has 102 valence electrons. The zero-order valence-corrected chi connectivity index (χ0v) is 12.2. The maximum Gasteiger partial charge on any atom is 0.0469 e. The third-order valence-corrected chi connectivity index (χ3v) is 3.66. The maximum absolute atomic E-state index is 5.72. The Kier molecular flexibility index (Phi) is 7.14. The van der Waals surface area contributed by atoms with Crippen molar-refractivity contribution in [3.05, 3.63) is 0 Å². The molecule has 0 saturated heterocycles. The topological polar surface area (TPSA) is 21.3 Å². The highest BCUT2D eigenvalue weighted by Gasteiger charge is 2.22. The minimum absolute atomic E-state index is 0.757. The van der Waals surface area contributed by atoms with Crippen LogP contribution in [0.3, 0.4) is 0 Å². The summed E-state index contributed by atoms with van der Waals surface area (Å²) in [5.74, 6) is 2.29. The molecule has 0 spiro atoms. The highest BCUT2D eigenvalue weighted by Crippen LogP contribution is 2.21. The van der Waals surface area contributed by atoms with Gasteiger partial charge in [0.15, 0.2) is 0 Å². The van der Waals surface area contributed by atoms with Crippen LogP contribution in [0.5, 0.6) is 0 Å². The van der Waals surface area contributed by atoms with Gasteiger partial charge >= 0.3 is 0 Å². The number of rotatable bonds is 10. The Labute approximate surface area is 108 Å². The van der Waals surface area contributed by atoms with E-state index in [1.165, 1.54) is 32.2 Å². The second kappa shape index (κ2) is 8.10. The summed E-state index contributed by atoms with van der Waals surface area (Å²) in [7, 11) is 0. The Morgan fingerprint density at radius 1 is 1.06 bits per heavy atom. The average molecular weight is 241 g/mol. The van der Waals surface area contributed by atoms with Crippen LogP contribution in [0.2, 0.25) is 0 Å². The monoisotopic (exact) mass is 241 g/mol. The molecule has 0 radical (unpaired) electrons. The van der Waals surface area contributed by atoms with E-state index in [9.17, 15) is 0 Å². The van der Waals surface area contributed by atoms with Gasteiger partial charge in [-0.2, -0.15) is 0 Å². The molecule has 0 aromatic heterocycles. The van der Waals surface area contributed by atoms with E-state index in [1.54, 1.807) is 0 Å². The molecule has 0 heterocycles. The Bertz CT molecular complexity index is 187. The first-order valence-corrected chi connectivity index (χ1v) is 7.40. The smallest absolute Gasteiger partial charge is 0.0469 e. The van der Waals surface area contributed by atoms with E-state index in [4.69, 9.17) is 4.74 Å². The van der Waals surface area contributed by atoms with Crippen molar-refractivity contribution < 1.29 is 4.74 Å². The third-order valence-electron chi connectivity index (χ3n) is 3.66. The molecule has 1 N–H and O–H groups in total. The van der Waals surface area contributed by atoms with Gasteiger partial charge in [0.25, 0.3) is 0 Å². The van der Waals surface area contributed by atoms with Gasteiger partial charge in [0, 0.05) is 19.3 Å². The van der Waals surface area contributed by atoms with E-state index in [1.807, 2.05) is 0 Å². The van der Waals surface area contributed by atoms with E-state index in [0.717, 1.165) is 37.0 Å². The van der Waals surface area contributed by atoms with Crippen LogP contribution in [-0.4, -0.2) is 25.8 Å². The Balaban J connectivity index is 2.02. The predicted molar refractivity (Wildman–Crippen MR) is 74.2 cm³/mol. The molecule has 0 amide bonds. The lowest BCUT2D eigenvalue weighted by Gasteiger charge is -2.21. The van der Waals surface area contributed by atoms with Crippen LogP contribution in [0.15, 0.2) is 0 Å². The van der Waals surface area contributed by atoms with Crippen molar-refractivity contribution in [2.45, 2.75) is 59.4 Å². The van der Waals surface area contributed by atoms with E-state index in [0.29, 0.717) is 0 Å². The van der Waals surface area contributed by atoms with Crippen molar-refractivity contribution in [2.75, 3.05) is 19.8 Å². The number of hydrogen-bond donors (Lipinski definition) is 1. The van der Waals surface area contributed by atoms with Gasteiger partial charge in [-0.1, -0.05) is 27.7 Å². The van der Waals surface area contributed by atoms with Gasteiger partial charge in [-0.25, -0.2) is 0 Å². The van der Waals surface area contributed by atoms with Gasteiger partial charge in [0.05, 0.1) is 0 Å². The molecule has 0 bridgehead atoms. The van der Waals surface area contributed by atoms with E-state index < -0.39 is 0 Å². The summed E-state index contributed by atoms with van der Waals surface area (Å²) >= 11 is 0. The zero-order chi connectivity index (χ0) is 12.7. The van der Waals surface area contributed by atoms with Gasteiger partial charge in [0.2, 0.25) is 0 Å². The van der Waals surface area contributed by atoms with Crippen LogP contribution in [0.1, 0.15) is 53.4 Å². The van der Waals surface area contributed by atoms with E-state index in [2.05, 4.69) is 33.0 Å². The van der Waals surface area contributed by atoms with Crippen molar-refractivity contribution in [1.29, 1.82) is 0 Å². The van der Waals surface area contributed by atoms with Crippen molar-refractivity contribution in [3.63, 3.8) is 0 Å². The summed E-state index contributed by atoms with van der Waals surface area (Å²) < 4.78 is 5.72. The zero-order valence-electron chi connectivity index (χ0n) is 12.2. The predicted octanol–water partition coefficient (Wildman–Crippen LogP) is 3.46. The normalized spacial score (nSPS) is 18.0. The number of nitrogens with one attached hydrogen (secondary N) is 1. The molecule has 0 aliphatic heterocycles. The van der Waals surface area contributed by atoms with Crippen molar-refractivity contribution in [2.24, 2.45) is 17.8 Å². The fourth-order valence-corrected chi connectivity index (χ4v) is 1.93. The lowest BCUT2D eigenvalue weighted by molar-refractivity contribution is 0.104. The van der Waals surface area contributed by atoms with Crippen molar-refractivity contribution in [3.8, 4) is 0 Å². The first-order chi connectivity index (χ1) is 8.09. The molecule has 0 aromatic carbocycles. The average Bonchev–Trinajstić information content (AvgIpc) is 3.04. The molecule has 1 fully saturated rings. The van der Waals surface area contributed by atoms with Crippen molar-refractivity contribution >= 4 is 0 Å². The van der Waals surface area contributed by atoms with E-state index >= 15 is 0 Å². The van der Waals surface area contributed by atoms with Crippen LogP contribution in [0.4, 0.5) is 0 Å².